The summed E-state index contributed by atoms with van der Waals surface area (Å²) in [5, 5.41) is 5.66. The number of nitrogens with zero attached hydrogens (tertiary/aromatic N) is 3. The van der Waals surface area contributed by atoms with Crippen molar-refractivity contribution >= 4 is 17.4 Å². The highest BCUT2D eigenvalue weighted by molar-refractivity contribution is 5.96. The molecule has 0 spiro atoms. The number of hydrogen-bond acceptors (Lipinski definition) is 3. The summed E-state index contributed by atoms with van der Waals surface area (Å²) in [4.78, 5) is 24.6. The topological polar surface area (TPSA) is 94.9 Å². The van der Waals surface area contributed by atoms with Crippen LogP contribution in [0.2, 0.25) is 0 Å². The fourth-order valence-corrected chi connectivity index (χ4v) is 1.08. The van der Waals surface area contributed by atoms with Gasteiger partial charge in [0.15, 0.2) is 5.78 Å². The molecule has 1 aromatic carbocycles. The molecular formula is C10H10N4O2. The van der Waals surface area contributed by atoms with Crippen molar-refractivity contribution in [2.75, 3.05) is 11.9 Å². The van der Waals surface area contributed by atoms with Gasteiger partial charge in [-0.15, -0.1) is 0 Å². The summed E-state index contributed by atoms with van der Waals surface area (Å²) in [5.41, 5.74) is 9.15. The number of azide groups is 1. The molecule has 1 rings (SSSR count). The monoisotopic (exact) mass is 218 g/mol. The summed E-state index contributed by atoms with van der Waals surface area (Å²) in [7, 11) is 0. The van der Waals surface area contributed by atoms with Gasteiger partial charge in [0.25, 0.3) is 0 Å². The maximum absolute atomic E-state index is 11.1. The second-order valence-corrected chi connectivity index (χ2v) is 3.07. The van der Waals surface area contributed by atoms with E-state index in [1.54, 1.807) is 24.3 Å². The number of ketones is 1. The Morgan fingerprint density at radius 1 is 1.38 bits per heavy atom. The van der Waals surface area contributed by atoms with Crippen LogP contribution in [0.3, 0.4) is 0 Å². The smallest absolute Gasteiger partial charge is 0.230 e. The molecule has 0 unspecified atom stereocenters. The number of hydrogen-bond donors (Lipinski definition) is 1. The first-order chi connectivity index (χ1) is 7.63. The van der Waals surface area contributed by atoms with Crippen molar-refractivity contribution in [3.05, 3.63) is 40.3 Å². The summed E-state index contributed by atoms with van der Waals surface area (Å²) in [6.07, 6.45) is 0. The Hall–Kier alpha value is -2.33. The van der Waals surface area contributed by atoms with Gasteiger partial charge in [-0.05, 0) is 36.7 Å². The van der Waals surface area contributed by atoms with Crippen molar-refractivity contribution in [2.45, 2.75) is 6.92 Å². The maximum Gasteiger partial charge on any atom is 0.230 e. The zero-order chi connectivity index (χ0) is 12.0. The van der Waals surface area contributed by atoms with Crippen molar-refractivity contribution < 1.29 is 9.59 Å². The third-order valence-corrected chi connectivity index (χ3v) is 1.85. The van der Waals surface area contributed by atoms with Crippen LogP contribution in [0.25, 0.3) is 10.4 Å². The lowest BCUT2D eigenvalue weighted by molar-refractivity contribution is -0.114. The van der Waals surface area contributed by atoms with Crippen LogP contribution in [0.1, 0.15) is 17.3 Å². The second kappa shape index (κ2) is 5.53. The highest BCUT2D eigenvalue weighted by atomic mass is 16.2. The van der Waals surface area contributed by atoms with Crippen LogP contribution in [0.4, 0.5) is 5.69 Å². The molecule has 0 atom stereocenters. The quantitative estimate of drug-likeness (QED) is 0.362. The van der Waals surface area contributed by atoms with E-state index in [1.807, 2.05) is 0 Å². The molecule has 16 heavy (non-hydrogen) atoms. The molecule has 0 fully saturated rings. The van der Waals surface area contributed by atoms with Crippen LogP contribution < -0.4 is 5.32 Å². The summed E-state index contributed by atoms with van der Waals surface area (Å²) < 4.78 is 0. The number of benzene rings is 1. The molecule has 6 nitrogen and oxygen atoms in total. The molecule has 0 bridgehead atoms. The molecule has 82 valence electrons. The van der Waals surface area contributed by atoms with E-state index in [0.29, 0.717) is 11.3 Å². The number of Topliss-reactive ketones (excluding diaryl/α,β-unsaturated/α-hetero) is 1. The largest absolute Gasteiger partial charge is 0.326 e. The first-order valence-corrected chi connectivity index (χ1v) is 4.55. The molecule has 0 saturated heterocycles. The molecule has 0 aliphatic carbocycles. The molecule has 1 N–H and O–H groups in total. The van der Waals surface area contributed by atoms with Crippen LogP contribution in [0, 0.1) is 0 Å². The average Bonchev–Trinajstić information content (AvgIpc) is 2.27. The van der Waals surface area contributed by atoms with E-state index in [9.17, 15) is 9.59 Å². The third kappa shape index (κ3) is 3.43. The predicted octanol–water partition coefficient (Wildman–Crippen LogP) is 2.14. The number of nitrogens with one attached hydrogen (secondary N) is 1. The van der Waals surface area contributed by atoms with Crippen LogP contribution in [0.5, 0.6) is 0 Å². The normalized spacial score (nSPS) is 9.06. The zero-order valence-corrected chi connectivity index (χ0v) is 8.67. The zero-order valence-electron chi connectivity index (χ0n) is 8.67. The van der Waals surface area contributed by atoms with Gasteiger partial charge in [0.2, 0.25) is 5.91 Å². The van der Waals surface area contributed by atoms with Crippen LogP contribution in [-0.4, -0.2) is 18.2 Å². The number of carbonyl (C=O) groups is 2. The maximum atomic E-state index is 11.1. The predicted molar refractivity (Wildman–Crippen MR) is 59.1 cm³/mol. The fourth-order valence-electron chi connectivity index (χ4n) is 1.08. The minimum absolute atomic E-state index is 0.0352. The van der Waals surface area contributed by atoms with Crippen molar-refractivity contribution in [3.63, 3.8) is 0 Å². The lowest BCUT2D eigenvalue weighted by Crippen LogP contribution is -2.14. The SMILES string of the molecule is CC(=O)c1ccc(NC(=O)CN=[N+]=[N-])cc1. The molecule has 0 saturated carbocycles. The molecule has 1 amide bonds. The Morgan fingerprint density at radius 2 is 2.00 bits per heavy atom. The number of rotatable bonds is 4. The molecule has 6 heteroatoms. The molecule has 0 radical (unpaired) electrons. The molecular weight excluding hydrogens is 208 g/mol. The van der Waals surface area contributed by atoms with E-state index < -0.39 is 5.91 Å². The van der Waals surface area contributed by atoms with Gasteiger partial charge in [-0.3, -0.25) is 9.59 Å². The van der Waals surface area contributed by atoms with Gasteiger partial charge in [-0.25, -0.2) is 0 Å². The number of amides is 1. The minimum atomic E-state index is -0.395. The Balaban J connectivity index is 2.65. The number of anilines is 1. The van der Waals surface area contributed by atoms with Gasteiger partial charge < -0.3 is 5.32 Å². The average molecular weight is 218 g/mol. The van der Waals surface area contributed by atoms with Gasteiger partial charge in [0.1, 0.15) is 6.54 Å². The van der Waals surface area contributed by atoms with E-state index in [1.165, 1.54) is 6.92 Å². The molecule has 0 aliphatic rings. The third-order valence-electron chi connectivity index (χ3n) is 1.85. The first-order valence-electron chi connectivity index (χ1n) is 4.55. The van der Waals surface area contributed by atoms with Gasteiger partial charge in [-0.2, -0.15) is 0 Å². The summed E-state index contributed by atoms with van der Waals surface area (Å²) in [6.45, 7) is 1.22. The Kier molecular flexibility index (Phi) is 4.06. The van der Waals surface area contributed by atoms with E-state index in [2.05, 4.69) is 15.3 Å². The lowest BCUT2D eigenvalue weighted by atomic mass is 10.1. The van der Waals surface area contributed by atoms with Crippen molar-refractivity contribution in [3.8, 4) is 0 Å². The Labute approximate surface area is 91.9 Å². The number of carbonyl (C=O) groups excluding carboxylic acids is 2. The first kappa shape index (κ1) is 11.7. The highest BCUT2D eigenvalue weighted by Gasteiger charge is 2.02. The fraction of sp³-hybridized carbons (Fsp3) is 0.200. The minimum Gasteiger partial charge on any atom is -0.326 e. The van der Waals surface area contributed by atoms with Crippen molar-refractivity contribution in [1.82, 2.24) is 0 Å². The van der Waals surface area contributed by atoms with Crippen LogP contribution >= 0.6 is 0 Å². The van der Waals surface area contributed by atoms with Gasteiger partial charge in [-0.1, -0.05) is 5.11 Å². The van der Waals surface area contributed by atoms with Crippen LogP contribution in [0.15, 0.2) is 29.4 Å². The van der Waals surface area contributed by atoms with E-state index in [4.69, 9.17) is 5.53 Å². The van der Waals surface area contributed by atoms with Crippen molar-refractivity contribution in [1.29, 1.82) is 0 Å². The Bertz CT molecular complexity index is 446. The Morgan fingerprint density at radius 3 is 2.50 bits per heavy atom. The van der Waals surface area contributed by atoms with Gasteiger partial charge in [0.05, 0.1) is 0 Å². The van der Waals surface area contributed by atoms with Crippen molar-refractivity contribution in [2.24, 2.45) is 5.11 Å². The molecule has 0 aromatic heterocycles. The van der Waals surface area contributed by atoms with E-state index >= 15 is 0 Å². The lowest BCUT2D eigenvalue weighted by Gasteiger charge is -2.03. The molecule has 1 aromatic rings. The molecule has 0 aliphatic heterocycles. The van der Waals surface area contributed by atoms with E-state index in [0.717, 1.165) is 0 Å². The van der Waals surface area contributed by atoms with Gasteiger partial charge in [0, 0.05) is 16.2 Å². The van der Waals surface area contributed by atoms with Crippen LogP contribution in [-0.2, 0) is 4.79 Å². The van der Waals surface area contributed by atoms with Gasteiger partial charge >= 0.3 is 0 Å². The summed E-state index contributed by atoms with van der Waals surface area (Å²) >= 11 is 0. The standard InChI is InChI=1S/C10H10N4O2/c1-7(15)8-2-4-9(5-3-8)13-10(16)6-12-14-11/h2-5H,6H2,1H3,(H,13,16). The summed E-state index contributed by atoms with van der Waals surface area (Å²) in [6, 6.07) is 6.46. The second-order valence-electron chi connectivity index (χ2n) is 3.07. The van der Waals surface area contributed by atoms with E-state index in [-0.39, 0.29) is 12.3 Å². The highest BCUT2D eigenvalue weighted by Crippen LogP contribution is 2.09. The molecule has 0 heterocycles. The summed E-state index contributed by atoms with van der Waals surface area (Å²) in [5.74, 6) is -0.430.